The highest BCUT2D eigenvalue weighted by molar-refractivity contribution is 5.58. The number of aromatic nitrogens is 2. The zero-order valence-corrected chi connectivity index (χ0v) is 11.6. The van der Waals surface area contributed by atoms with Crippen LogP contribution in [-0.2, 0) is 0 Å². The van der Waals surface area contributed by atoms with Gasteiger partial charge in [-0.1, -0.05) is 19.3 Å². The van der Waals surface area contributed by atoms with Crippen molar-refractivity contribution in [3.63, 3.8) is 0 Å². The molecule has 1 aromatic heterocycles. The molecular formula is C12H20N6O2. The molecule has 110 valence electrons. The Bertz CT molecular complexity index is 475. The van der Waals surface area contributed by atoms with Crippen molar-refractivity contribution in [2.45, 2.75) is 32.1 Å². The van der Waals surface area contributed by atoms with Crippen molar-refractivity contribution in [2.24, 2.45) is 11.8 Å². The molecule has 0 bridgehead atoms. The lowest BCUT2D eigenvalue weighted by atomic mass is 9.89. The number of rotatable bonds is 5. The molecule has 0 aromatic carbocycles. The number of nitrogen functional groups attached to an aromatic ring is 1. The molecule has 0 atom stereocenters. The van der Waals surface area contributed by atoms with Gasteiger partial charge in [0.1, 0.15) is 6.20 Å². The van der Waals surface area contributed by atoms with E-state index in [0.717, 1.165) is 6.54 Å². The minimum atomic E-state index is -0.465. The van der Waals surface area contributed by atoms with Crippen molar-refractivity contribution in [2.75, 3.05) is 23.9 Å². The predicted molar refractivity (Wildman–Crippen MR) is 76.3 cm³/mol. The summed E-state index contributed by atoms with van der Waals surface area (Å²) < 4.78 is 0. The first kappa shape index (κ1) is 14.4. The van der Waals surface area contributed by atoms with Gasteiger partial charge in [-0.3, -0.25) is 15.5 Å². The summed E-state index contributed by atoms with van der Waals surface area (Å²) in [6.45, 7) is 0.766. The molecule has 0 aliphatic heterocycles. The SMILES string of the molecule is CN(CC1CCCCC1)c1nc(NN)ncc1[N+](=O)[O-]. The normalized spacial score (nSPS) is 15.9. The van der Waals surface area contributed by atoms with Crippen LogP contribution < -0.4 is 16.2 Å². The minimum absolute atomic E-state index is 0.0951. The van der Waals surface area contributed by atoms with Gasteiger partial charge in [-0.05, 0) is 18.8 Å². The second-order valence-electron chi connectivity index (χ2n) is 5.19. The third kappa shape index (κ3) is 3.32. The molecule has 1 aromatic rings. The van der Waals surface area contributed by atoms with E-state index in [1.165, 1.54) is 38.3 Å². The van der Waals surface area contributed by atoms with E-state index in [4.69, 9.17) is 5.84 Å². The van der Waals surface area contributed by atoms with E-state index in [9.17, 15) is 10.1 Å². The van der Waals surface area contributed by atoms with Gasteiger partial charge in [-0.2, -0.15) is 4.98 Å². The number of anilines is 2. The molecule has 2 rings (SSSR count). The lowest BCUT2D eigenvalue weighted by Crippen LogP contribution is -2.28. The highest BCUT2D eigenvalue weighted by atomic mass is 16.6. The first-order valence-corrected chi connectivity index (χ1v) is 6.81. The molecule has 1 aliphatic rings. The summed E-state index contributed by atoms with van der Waals surface area (Å²) in [6.07, 6.45) is 7.29. The van der Waals surface area contributed by atoms with Gasteiger partial charge in [0.25, 0.3) is 0 Å². The summed E-state index contributed by atoms with van der Waals surface area (Å²) in [5.41, 5.74) is 2.23. The summed E-state index contributed by atoms with van der Waals surface area (Å²) in [5.74, 6) is 6.32. The van der Waals surface area contributed by atoms with Crippen molar-refractivity contribution in [1.82, 2.24) is 9.97 Å². The van der Waals surface area contributed by atoms with E-state index in [1.54, 1.807) is 0 Å². The largest absolute Gasteiger partial charge is 0.354 e. The molecule has 1 heterocycles. The standard InChI is InChI=1S/C12H20N6O2/c1-17(8-9-5-3-2-4-6-9)11-10(18(19)20)7-14-12(15-11)16-13/h7,9H,2-6,8,13H2,1H3,(H,14,15,16). The van der Waals surface area contributed by atoms with E-state index in [1.807, 2.05) is 11.9 Å². The van der Waals surface area contributed by atoms with Gasteiger partial charge in [-0.15, -0.1) is 0 Å². The van der Waals surface area contributed by atoms with Crippen molar-refractivity contribution >= 4 is 17.5 Å². The molecular weight excluding hydrogens is 260 g/mol. The fraction of sp³-hybridized carbons (Fsp3) is 0.667. The maximum atomic E-state index is 11.1. The summed E-state index contributed by atoms with van der Waals surface area (Å²) in [5, 5.41) is 11.1. The quantitative estimate of drug-likeness (QED) is 0.479. The van der Waals surface area contributed by atoms with E-state index < -0.39 is 4.92 Å². The molecule has 20 heavy (non-hydrogen) atoms. The molecule has 8 heteroatoms. The fourth-order valence-electron chi connectivity index (χ4n) is 2.69. The summed E-state index contributed by atoms with van der Waals surface area (Å²) >= 11 is 0. The Balaban J connectivity index is 2.17. The van der Waals surface area contributed by atoms with Crippen molar-refractivity contribution < 1.29 is 4.92 Å². The second kappa shape index (κ2) is 6.47. The van der Waals surface area contributed by atoms with Gasteiger partial charge in [0.05, 0.1) is 4.92 Å². The van der Waals surface area contributed by atoms with Crippen LogP contribution in [0.1, 0.15) is 32.1 Å². The summed E-state index contributed by atoms with van der Waals surface area (Å²) in [6, 6.07) is 0. The van der Waals surface area contributed by atoms with Crippen LogP contribution in [0.15, 0.2) is 6.20 Å². The maximum Gasteiger partial charge on any atom is 0.329 e. The zero-order chi connectivity index (χ0) is 14.5. The van der Waals surface area contributed by atoms with Crippen LogP contribution in [0.3, 0.4) is 0 Å². The van der Waals surface area contributed by atoms with E-state index in [0.29, 0.717) is 11.7 Å². The second-order valence-corrected chi connectivity index (χ2v) is 5.19. The van der Waals surface area contributed by atoms with E-state index >= 15 is 0 Å². The monoisotopic (exact) mass is 280 g/mol. The number of nitrogens with zero attached hydrogens (tertiary/aromatic N) is 4. The molecule has 0 amide bonds. The Kier molecular flexibility index (Phi) is 4.67. The molecule has 0 radical (unpaired) electrons. The maximum absolute atomic E-state index is 11.1. The average Bonchev–Trinajstić information content (AvgIpc) is 2.47. The zero-order valence-electron chi connectivity index (χ0n) is 11.6. The lowest BCUT2D eigenvalue weighted by Gasteiger charge is -2.27. The Morgan fingerprint density at radius 2 is 2.20 bits per heavy atom. The Morgan fingerprint density at radius 1 is 1.50 bits per heavy atom. The van der Waals surface area contributed by atoms with Crippen LogP contribution >= 0.6 is 0 Å². The van der Waals surface area contributed by atoms with Crippen molar-refractivity contribution in [3.8, 4) is 0 Å². The van der Waals surface area contributed by atoms with Crippen LogP contribution in [0.5, 0.6) is 0 Å². The van der Waals surface area contributed by atoms with Crippen molar-refractivity contribution in [3.05, 3.63) is 16.3 Å². The van der Waals surface area contributed by atoms with Gasteiger partial charge in [-0.25, -0.2) is 10.8 Å². The fourth-order valence-corrected chi connectivity index (χ4v) is 2.69. The molecule has 8 nitrogen and oxygen atoms in total. The highest BCUT2D eigenvalue weighted by Gasteiger charge is 2.23. The van der Waals surface area contributed by atoms with Crippen LogP contribution in [0.2, 0.25) is 0 Å². The van der Waals surface area contributed by atoms with Crippen LogP contribution in [0.25, 0.3) is 0 Å². The molecule has 1 aliphatic carbocycles. The number of nitrogens with two attached hydrogens (primary N) is 1. The Hall–Kier alpha value is -1.96. The summed E-state index contributed by atoms with van der Waals surface area (Å²) in [7, 11) is 1.82. The molecule has 0 spiro atoms. The van der Waals surface area contributed by atoms with E-state index in [-0.39, 0.29) is 11.6 Å². The third-order valence-electron chi connectivity index (χ3n) is 3.69. The van der Waals surface area contributed by atoms with Gasteiger partial charge in [0.15, 0.2) is 0 Å². The third-order valence-corrected chi connectivity index (χ3v) is 3.69. The van der Waals surface area contributed by atoms with Crippen LogP contribution in [0.4, 0.5) is 17.5 Å². The summed E-state index contributed by atoms with van der Waals surface area (Å²) in [4.78, 5) is 20.3. The van der Waals surface area contributed by atoms with Crippen LogP contribution in [0, 0.1) is 16.0 Å². The first-order chi connectivity index (χ1) is 9.61. The van der Waals surface area contributed by atoms with Crippen molar-refractivity contribution in [1.29, 1.82) is 0 Å². The lowest BCUT2D eigenvalue weighted by molar-refractivity contribution is -0.384. The molecule has 1 fully saturated rings. The van der Waals surface area contributed by atoms with Gasteiger partial charge >= 0.3 is 5.69 Å². The molecule has 3 N–H and O–H groups in total. The number of hydrogen-bond donors (Lipinski definition) is 2. The minimum Gasteiger partial charge on any atom is -0.354 e. The number of hydrazine groups is 1. The molecule has 1 saturated carbocycles. The molecule has 0 unspecified atom stereocenters. The Morgan fingerprint density at radius 3 is 2.80 bits per heavy atom. The average molecular weight is 280 g/mol. The number of nitrogens with one attached hydrogen (secondary N) is 1. The smallest absolute Gasteiger partial charge is 0.329 e. The highest BCUT2D eigenvalue weighted by Crippen LogP contribution is 2.29. The van der Waals surface area contributed by atoms with Crippen LogP contribution in [-0.4, -0.2) is 28.5 Å². The Labute approximate surface area is 117 Å². The number of hydrogen-bond acceptors (Lipinski definition) is 7. The molecule has 0 saturated heterocycles. The van der Waals surface area contributed by atoms with Gasteiger partial charge in [0.2, 0.25) is 11.8 Å². The topological polar surface area (TPSA) is 110 Å². The predicted octanol–water partition coefficient (Wildman–Crippen LogP) is 1.69. The van der Waals surface area contributed by atoms with E-state index in [2.05, 4.69) is 15.4 Å². The van der Waals surface area contributed by atoms with Gasteiger partial charge in [0, 0.05) is 13.6 Å². The first-order valence-electron chi connectivity index (χ1n) is 6.81. The number of nitro groups is 1. The van der Waals surface area contributed by atoms with Gasteiger partial charge < -0.3 is 4.90 Å².